The van der Waals surface area contributed by atoms with E-state index < -0.39 is 5.97 Å². The Morgan fingerprint density at radius 2 is 1.96 bits per heavy atom. The maximum Gasteiger partial charge on any atom is 0.353 e. The first-order chi connectivity index (χ1) is 11.1. The summed E-state index contributed by atoms with van der Waals surface area (Å²) in [5, 5.41) is 3.36. The third kappa shape index (κ3) is 3.04. The van der Waals surface area contributed by atoms with Crippen molar-refractivity contribution >= 4 is 23.0 Å². The summed E-state index contributed by atoms with van der Waals surface area (Å²) in [6, 6.07) is 13.3. The number of thiophene rings is 1. The molecule has 0 aliphatic carbocycles. The van der Waals surface area contributed by atoms with Gasteiger partial charge in [0.05, 0.1) is 11.4 Å². The zero-order chi connectivity index (χ0) is 16.4. The normalized spacial score (nSPS) is 18.0. The number of ether oxygens (including phenoxy) is 1. The number of aliphatic imine (C=N–C) groups is 1. The molecule has 0 spiro atoms. The van der Waals surface area contributed by atoms with Gasteiger partial charge in [0.2, 0.25) is 0 Å². The van der Waals surface area contributed by atoms with Gasteiger partial charge in [0.15, 0.2) is 11.9 Å². The molecule has 1 aliphatic heterocycles. The molecule has 1 aromatic carbocycles. The second-order valence-electron chi connectivity index (χ2n) is 5.19. The van der Waals surface area contributed by atoms with E-state index in [0.29, 0.717) is 22.0 Å². The average molecular weight is 327 g/mol. The van der Waals surface area contributed by atoms with Crippen molar-refractivity contribution in [3.8, 4) is 0 Å². The molecule has 0 saturated carbocycles. The molecular weight excluding hydrogens is 310 g/mol. The SMILES string of the molecule is CC1=NC(c2ccccc2)N(N)C(C)=C1OC(=O)c1cccs1. The quantitative estimate of drug-likeness (QED) is 0.692. The van der Waals surface area contributed by atoms with Gasteiger partial charge in [-0.05, 0) is 30.9 Å². The van der Waals surface area contributed by atoms with Gasteiger partial charge in [-0.3, -0.25) is 10.0 Å². The Bertz CT molecular complexity index is 766. The largest absolute Gasteiger partial charge is 0.418 e. The van der Waals surface area contributed by atoms with Gasteiger partial charge in [0.1, 0.15) is 4.88 Å². The summed E-state index contributed by atoms with van der Waals surface area (Å²) in [5.74, 6) is 6.20. The molecule has 2 N–H and O–H groups in total. The minimum Gasteiger partial charge on any atom is -0.418 e. The van der Waals surface area contributed by atoms with Crippen LogP contribution in [-0.4, -0.2) is 16.7 Å². The molecule has 0 saturated heterocycles. The summed E-state index contributed by atoms with van der Waals surface area (Å²) in [6.45, 7) is 3.65. The molecule has 0 bridgehead atoms. The van der Waals surface area contributed by atoms with E-state index in [1.807, 2.05) is 55.6 Å². The van der Waals surface area contributed by atoms with Gasteiger partial charge in [-0.25, -0.2) is 10.6 Å². The Morgan fingerprint density at radius 3 is 2.61 bits per heavy atom. The molecule has 2 heterocycles. The lowest BCUT2D eigenvalue weighted by Gasteiger charge is -2.32. The van der Waals surface area contributed by atoms with E-state index in [1.54, 1.807) is 6.07 Å². The third-order valence-electron chi connectivity index (χ3n) is 3.64. The zero-order valence-corrected chi connectivity index (χ0v) is 13.7. The first-order valence-corrected chi connectivity index (χ1v) is 8.06. The summed E-state index contributed by atoms with van der Waals surface area (Å²) >= 11 is 1.34. The fourth-order valence-corrected chi connectivity index (χ4v) is 3.01. The molecule has 0 amide bonds. The van der Waals surface area contributed by atoms with Gasteiger partial charge >= 0.3 is 5.97 Å². The fraction of sp³-hybridized carbons (Fsp3) is 0.176. The number of hydrogen-bond acceptors (Lipinski definition) is 6. The van der Waals surface area contributed by atoms with Crippen molar-refractivity contribution in [3.63, 3.8) is 0 Å². The molecule has 23 heavy (non-hydrogen) atoms. The monoisotopic (exact) mass is 327 g/mol. The van der Waals surface area contributed by atoms with Crippen molar-refractivity contribution in [3.05, 3.63) is 69.7 Å². The number of hydrazine groups is 1. The Labute approximate surface area is 138 Å². The maximum absolute atomic E-state index is 12.2. The number of rotatable bonds is 3. The van der Waals surface area contributed by atoms with Crippen LogP contribution in [0.25, 0.3) is 0 Å². The second kappa shape index (κ2) is 6.36. The van der Waals surface area contributed by atoms with Crippen LogP contribution in [0.15, 0.2) is 64.3 Å². The number of nitrogens with two attached hydrogens (primary N) is 1. The van der Waals surface area contributed by atoms with Gasteiger partial charge in [-0.15, -0.1) is 11.3 Å². The summed E-state index contributed by atoms with van der Waals surface area (Å²) in [4.78, 5) is 17.3. The lowest BCUT2D eigenvalue weighted by atomic mass is 10.1. The Balaban J connectivity index is 1.87. The highest BCUT2D eigenvalue weighted by molar-refractivity contribution is 7.11. The lowest BCUT2D eigenvalue weighted by Crippen LogP contribution is -2.38. The van der Waals surface area contributed by atoms with Crippen molar-refractivity contribution in [2.24, 2.45) is 10.8 Å². The molecule has 6 heteroatoms. The van der Waals surface area contributed by atoms with Crippen LogP contribution in [-0.2, 0) is 4.74 Å². The standard InChI is InChI=1S/C17H17N3O2S/c1-11-15(22-17(21)14-9-6-10-23-14)12(2)20(18)16(19-11)13-7-4-3-5-8-13/h3-10,16H,18H2,1-2H3. The molecule has 1 unspecified atom stereocenters. The van der Waals surface area contributed by atoms with E-state index in [-0.39, 0.29) is 6.17 Å². The van der Waals surface area contributed by atoms with Crippen molar-refractivity contribution in [1.29, 1.82) is 0 Å². The van der Waals surface area contributed by atoms with Crippen LogP contribution in [0.1, 0.15) is 35.2 Å². The van der Waals surface area contributed by atoms with E-state index in [2.05, 4.69) is 4.99 Å². The van der Waals surface area contributed by atoms with E-state index in [4.69, 9.17) is 10.6 Å². The average Bonchev–Trinajstić information content (AvgIpc) is 3.10. The molecular formula is C17H17N3O2S. The minimum atomic E-state index is -0.393. The summed E-state index contributed by atoms with van der Waals surface area (Å²) in [7, 11) is 0. The molecule has 0 fully saturated rings. The van der Waals surface area contributed by atoms with Crippen molar-refractivity contribution in [2.45, 2.75) is 20.0 Å². The van der Waals surface area contributed by atoms with Gasteiger partial charge in [-0.1, -0.05) is 36.4 Å². The van der Waals surface area contributed by atoms with Gasteiger partial charge < -0.3 is 4.74 Å². The van der Waals surface area contributed by atoms with Crippen molar-refractivity contribution in [2.75, 3.05) is 0 Å². The van der Waals surface area contributed by atoms with Gasteiger partial charge in [0, 0.05) is 0 Å². The predicted octanol–water partition coefficient (Wildman–Crippen LogP) is 3.49. The molecule has 1 aromatic heterocycles. The van der Waals surface area contributed by atoms with Crippen molar-refractivity contribution < 1.29 is 9.53 Å². The molecule has 3 rings (SSSR count). The van der Waals surface area contributed by atoms with Crippen LogP contribution < -0.4 is 5.84 Å². The Hall–Kier alpha value is -2.44. The first kappa shape index (κ1) is 15.5. The topological polar surface area (TPSA) is 67.9 Å². The fourth-order valence-electron chi connectivity index (χ4n) is 2.41. The highest BCUT2D eigenvalue weighted by Gasteiger charge is 2.28. The van der Waals surface area contributed by atoms with Gasteiger partial charge in [-0.2, -0.15) is 0 Å². The molecule has 1 aliphatic rings. The predicted molar refractivity (Wildman–Crippen MR) is 90.8 cm³/mol. The molecule has 0 radical (unpaired) electrons. The van der Waals surface area contributed by atoms with E-state index in [9.17, 15) is 4.79 Å². The van der Waals surface area contributed by atoms with Crippen LogP contribution in [0.4, 0.5) is 0 Å². The summed E-state index contributed by atoms with van der Waals surface area (Å²) in [6.07, 6.45) is -0.319. The number of carbonyl (C=O) groups excluding carboxylic acids is 1. The number of esters is 1. The number of nitrogens with zero attached hydrogens (tertiary/aromatic N) is 2. The zero-order valence-electron chi connectivity index (χ0n) is 12.9. The Kier molecular flexibility index (Phi) is 4.27. The van der Waals surface area contributed by atoms with Crippen LogP contribution in [0.5, 0.6) is 0 Å². The van der Waals surface area contributed by atoms with Crippen molar-refractivity contribution in [1.82, 2.24) is 5.01 Å². The van der Waals surface area contributed by atoms with E-state index in [0.717, 1.165) is 5.56 Å². The molecule has 2 aromatic rings. The highest BCUT2D eigenvalue weighted by atomic mass is 32.1. The smallest absolute Gasteiger partial charge is 0.353 e. The van der Waals surface area contributed by atoms with Crippen LogP contribution in [0.2, 0.25) is 0 Å². The summed E-state index contributed by atoms with van der Waals surface area (Å²) < 4.78 is 5.51. The van der Waals surface area contributed by atoms with Crippen LogP contribution >= 0.6 is 11.3 Å². The van der Waals surface area contributed by atoms with E-state index >= 15 is 0 Å². The first-order valence-electron chi connectivity index (χ1n) is 7.18. The lowest BCUT2D eigenvalue weighted by molar-refractivity contribution is 0.0630. The number of hydrogen-bond donors (Lipinski definition) is 1. The Morgan fingerprint density at radius 1 is 1.22 bits per heavy atom. The van der Waals surface area contributed by atoms with Crippen LogP contribution in [0.3, 0.4) is 0 Å². The number of allylic oxidation sites excluding steroid dienone is 2. The maximum atomic E-state index is 12.2. The number of benzene rings is 1. The number of carbonyl (C=O) groups is 1. The molecule has 1 atom stereocenters. The van der Waals surface area contributed by atoms with Gasteiger partial charge in [0.25, 0.3) is 0 Å². The summed E-state index contributed by atoms with van der Waals surface area (Å²) in [5.41, 5.74) is 2.32. The molecule has 118 valence electrons. The van der Waals surface area contributed by atoms with Crippen LogP contribution in [0, 0.1) is 0 Å². The molecule has 5 nitrogen and oxygen atoms in total. The van der Waals surface area contributed by atoms with E-state index in [1.165, 1.54) is 16.3 Å². The third-order valence-corrected chi connectivity index (χ3v) is 4.49. The highest BCUT2D eigenvalue weighted by Crippen LogP contribution is 2.30. The minimum absolute atomic E-state index is 0.319. The second-order valence-corrected chi connectivity index (χ2v) is 6.14.